The number of amides is 1. The van der Waals surface area contributed by atoms with Gasteiger partial charge in [-0.1, -0.05) is 61.5 Å². The maximum atomic E-state index is 13.9. The number of thioether (sulfide) groups is 2. The van der Waals surface area contributed by atoms with E-state index in [4.69, 9.17) is 4.98 Å². The number of benzene rings is 2. The van der Waals surface area contributed by atoms with Crippen LogP contribution in [0.15, 0.2) is 64.5 Å². The smallest absolute Gasteiger partial charge is 0.267 e. The number of nitrogens with one attached hydrogen (secondary N) is 1. The topological polar surface area (TPSA) is 64.0 Å². The molecule has 2 aromatic carbocycles. The summed E-state index contributed by atoms with van der Waals surface area (Å²) in [5, 5.41) is 4.19. The summed E-state index contributed by atoms with van der Waals surface area (Å²) < 4.78 is 1.75. The number of aryl methyl sites for hydroxylation is 1. The molecule has 0 radical (unpaired) electrons. The molecule has 1 aliphatic rings. The molecule has 1 aliphatic heterocycles. The van der Waals surface area contributed by atoms with E-state index in [1.165, 1.54) is 16.6 Å². The number of fused-ring (bicyclic) bond motifs is 3. The van der Waals surface area contributed by atoms with E-state index < -0.39 is 0 Å². The largest absolute Gasteiger partial charge is 0.325 e. The minimum absolute atomic E-state index is 0.0576. The molecule has 34 heavy (non-hydrogen) atoms. The van der Waals surface area contributed by atoms with Crippen LogP contribution >= 0.6 is 34.9 Å². The lowest BCUT2D eigenvalue weighted by molar-refractivity contribution is -0.113. The van der Waals surface area contributed by atoms with Crippen LogP contribution in [0, 0.1) is 6.92 Å². The number of rotatable bonds is 5. The fourth-order valence-electron chi connectivity index (χ4n) is 4.04. The van der Waals surface area contributed by atoms with Crippen molar-refractivity contribution in [2.24, 2.45) is 0 Å². The van der Waals surface area contributed by atoms with Crippen molar-refractivity contribution in [3.8, 4) is 5.69 Å². The second-order valence-electron chi connectivity index (χ2n) is 8.98. The molecule has 174 valence electrons. The Hall–Kier alpha value is -2.55. The maximum Gasteiger partial charge on any atom is 0.267 e. The predicted octanol–water partition coefficient (Wildman–Crippen LogP) is 6.05. The van der Waals surface area contributed by atoms with Crippen molar-refractivity contribution in [3.05, 3.63) is 81.0 Å². The molecule has 5 nitrogen and oxygen atoms in total. The molecule has 5 rings (SSSR count). The van der Waals surface area contributed by atoms with Gasteiger partial charge >= 0.3 is 0 Å². The van der Waals surface area contributed by atoms with E-state index in [-0.39, 0.29) is 22.0 Å². The maximum absolute atomic E-state index is 13.9. The SMILES string of the molecule is Cc1ccc(NC(=O)CSc2nc3sc4c(c3c(=O)n2-c2ccccc2)CC(C)(C)SC4)cc1. The Morgan fingerprint density at radius 1 is 1.15 bits per heavy atom. The van der Waals surface area contributed by atoms with Gasteiger partial charge in [-0.25, -0.2) is 4.98 Å². The standard InChI is InChI=1S/C26H25N3O2S3/c1-16-9-11-17(12-10-16)27-21(30)15-32-25-28-23-22(19-13-26(2,3)33-14-20(19)34-23)24(31)29(25)18-7-5-4-6-8-18/h4-12H,13-15H2,1-3H3,(H,27,30). The van der Waals surface area contributed by atoms with Crippen molar-refractivity contribution in [1.29, 1.82) is 0 Å². The van der Waals surface area contributed by atoms with Gasteiger partial charge < -0.3 is 5.32 Å². The van der Waals surface area contributed by atoms with E-state index in [9.17, 15) is 9.59 Å². The van der Waals surface area contributed by atoms with Gasteiger partial charge in [-0.05, 0) is 43.2 Å². The predicted molar refractivity (Wildman–Crippen MR) is 145 cm³/mol. The Bertz CT molecular complexity index is 1420. The van der Waals surface area contributed by atoms with E-state index in [1.54, 1.807) is 15.9 Å². The van der Waals surface area contributed by atoms with Crippen molar-refractivity contribution in [1.82, 2.24) is 9.55 Å². The lowest BCUT2D eigenvalue weighted by atomic mass is 10.00. The number of nitrogens with zero attached hydrogens (tertiary/aromatic N) is 2. The van der Waals surface area contributed by atoms with Crippen LogP contribution in [0.3, 0.4) is 0 Å². The average molecular weight is 508 g/mol. The van der Waals surface area contributed by atoms with Crippen molar-refractivity contribution >= 4 is 56.7 Å². The minimum Gasteiger partial charge on any atom is -0.325 e. The number of anilines is 1. The first-order chi connectivity index (χ1) is 16.3. The third kappa shape index (κ3) is 4.67. The van der Waals surface area contributed by atoms with Gasteiger partial charge in [-0.2, -0.15) is 0 Å². The average Bonchev–Trinajstić information content (AvgIpc) is 3.16. The molecule has 0 bridgehead atoms. The second kappa shape index (κ2) is 9.24. The Kier molecular flexibility index (Phi) is 6.31. The van der Waals surface area contributed by atoms with Gasteiger partial charge in [0.25, 0.3) is 5.56 Å². The van der Waals surface area contributed by atoms with Gasteiger partial charge in [-0.15, -0.1) is 23.1 Å². The highest BCUT2D eigenvalue weighted by atomic mass is 32.2. The molecule has 0 fully saturated rings. The molecule has 3 heterocycles. The third-order valence-electron chi connectivity index (χ3n) is 5.76. The number of hydrogen-bond acceptors (Lipinski definition) is 6. The van der Waals surface area contributed by atoms with E-state index in [0.717, 1.165) is 44.9 Å². The number of carbonyl (C=O) groups excluding carboxylic acids is 1. The highest BCUT2D eigenvalue weighted by Gasteiger charge is 2.31. The van der Waals surface area contributed by atoms with Crippen LogP contribution in [0.2, 0.25) is 0 Å². The van der Waals surface area contributed by atoms with Crippen molar-refractivity contribution < 1.29 is 4.79 Å². The van der Waals surface area contributed by atoms with Crippen LogP contribution in [0.4, 0.5) is 5.69 Å². The van der Waals surface area contributed by atoms with E-state index in [1.807, 2.05) is 73.3 Å². The summed E-state index contributed by atoms with van der Waals surface area (Å²) in [5.74, 6) is 0.925. The number of thiophene rings is 1. The summed E-state index contributed by atoms with van der Waals surface area (Å²) >= 11 is 4.82. The molecule has 0 saturated carbocycles. The van der Waals surface area contributed by atoms with Gasteiger partial charge in [0, 0.05) is 21.1 Å². The van der Waals surface area contributed by atoms with Crippen LogP contribution in [-0.4, -0.2) is 26.0 Å². The van der Waals surface area contributed by atoms with Crippen LogP contribution in [0.1, 0.15) is 29.9 Å². The molecular formula is C26H25N3O2S3. The summed E-state index contributed by atoms with van der Waals surface area (Å²) in [6.45, 7) is 6.46. The fraction of sp³-hybridized carbons (Fsp3) is 0.269. The number of aromatic nitrogens is 2. The lowest BCUT2D eigenvalue weighted by Crippen LogP contribution is -2.26. The second-order valence-corrected chi connectivity index (χ2v) is 12.7. The number of carbonyl (C=O) groups is 1. The monoisotopic (exact) mass is 507 g/mol. The highest BCUT2D eigenvalue weighted by Crippen LogP contribution is 2.44. The first kappa shape index (κ1) is 23.2. The summed E-state index contributed by atoms with van der Waals surface area (Å²) in [4.78, 5) is 33.4. The molecule has 4 aromatic rings. The summed E-state index contributed by atoms with van der Waals surface area (Å²) in [6.07, 6.45) is 0.851. The van der Waals surface area contributed by atoms with E-state index >= 15 is 0 Å². The molecule has 0 spiro atoms. The Morgan fingerprint density at radius 3 is 2.62 bits per heavy atom. The number of hydrogen-bond donors (Lipinski definition) is 1. The van der Waals surface area contributed by atoms with Gasteiger partial charge in [0.05, 0.1) is 16.8 Å². The quantitative estimate of drug-likeness (QED) is 0.263. The molecule has 1 N–H and O–H groups in total. The Balaban J connectivity index is 1.52. The van der Waals surface area contributed by atoms with Gasteiger partial charge in [0.2, 0.25) is 5.91 Å². The zero-order chi connectivity index (χ0) is 23.9. The summed E-state index contributed by atoms with van der Waals surface area (Å²) in [6, 6.07) is 17.3. The van der Waals surface area contributed by atoms with Crippen molar-refractivity contribution in [2.45, 2.75) is 42.8 Å². The zero-order valence-corrected chi connectivity index (χ0v) is 21.7. The van der Waals surface area contributed by atoms with Gasteiger partial charge in [0.1, 0.15) is 4.83 Å². The molecule has 1 amide bonds. The molecule has 0 unspecified atom stereocenters. The first-order valence-corrected chi connectivity index (χ1v) is 13.9. The third-order valence-corrected chi connectivity index (χ3v) is 9.36. The fourth-order valence-corrected chi connectivity index (χ4v) is 7.23. The first-order valence-electron chi connectivity index (χ1n) is 11.1. The highest BCUT2D eigenvalue weighted by molar-refractivity contribution is 8.00. The van der Waals surface area contributed by atoms with Gasteiger partial charge in [-0.3, -0.25) is 14.2 Å². The van der Waals surface area contributed by atoms with E-state index in [0.29, 0.717) is 5.16 Å². The lowest BCUT2D eigenvalue weighted by Gasteiger charge is -2.28. The van der Waals surface area contributed by atoms with Crippen LogP contribution in [-0.2, 0) is 17.0 Å². The van der Waals surface area contributed by atoms with Crippen molar-refractivity contribution in [3.63, 3.8) is 0 Å². The zero-order valence-electron chi connectivity index (χ0n) is 19.3. The molecule has 0 atom stereocenters. The van der Waals surface area contributed by atoms with Crippen LogP contribution in [0.25, 0.3) is 15.9 Å². The van der Waals surface area contributed by atoms with Crippen LogP contribution in [0.5, 0.6) is 0 Å². The van der Waals surface area contributed by atoms with Crippen molar-refractivity contribution in [2.75, 3.05) is 11.1 Å². The molecular weight excluding hydrogens is 483 g/mol. The molecule has 2 aromatic heterocycles. The normalized spacial score (nSPS) is 14.7. The molecule has 8 heteroatoms. The number of para-hydroxylation sites is 1. The van der Waals surface area contributed by atoms with E-state index in [2.05, 4.69) is 19.2 Å². The Morgan fingerprint density at radius 2 is 1.88 bits per heavy atom. The minimum atomic E-state index is -0.133. The summed E-state index contributed by atoms with van der Waals surface area (Å²) in [5.41, 5.74) is 3.73. The summed E-state index contributed by atoms with van der Waals surface area (Å²) in [7, 11) is 0. The Labute approximate surface area is 211 Å². The van der Waals surface area contributed by atoms with Gasteiger partial charge in [0.15, 0.2) is 5.16 Å². The molecule has 0 saturated heterocycles. The van der Waals surface area contributed by atoms with Crippen LogP contribution < -0.4 is 10.9 Å². The molecule has 0 aliphatic carbocycles.